The molecule has 1 aromatic rings. The van der Waals surface area contributed by atoms with E-state index < -0.39 is 0 Å². The topological polar surface area (TPSA) is 39.7 Å². The molecule has 21 heavy (non-hydrogen) atoms. The van der Waals surface area contributed by atoms with Crippen LogP contribution in [-0.2, 0) is 9.47 Å². The number of hydrogen-bond acceptors (Lipinski definition) is 4. The van der Waals surface area contributed by atoms with Crippen molar-refractivity contribution in [2.45, 2.75) is 26.3 Å². The average Bonchev–Trinajstić information content (AvgIpc) is 2.48. The van der Waals surface area contributed by atoms with Crippen LogP contribution in [0.15, 0.2) is 12.1 Å². The number of aryl methyl sites for hydroxylation is 1. The van der Waals surface area contributed by atoms with Crippen LogP contribution in [0.5, 0.6) is 5.75 Å². The highest BCUT2D eigenvalue weighted by Gasteiger charge is 2.13. The molecular formula is C16H26FNO3. The van der Waals surface area contributed by atoms with Gasteiger partial charge in [0.05, 0.1) is 6.61 Å². The lowest BCUT2D eigenvalue weighted by molar-refractivity contribution is 0.0803. The molecular weight excluding hydrogens is 273 g/mol. The van der Waals surface area contributed by atoms with Gasteiger partial charge >= 0.3 is 0 Å². The van der Waals surface area contributed by atoms with E-state index in [1.807, 2.05) is 14.0 Å². The van der Waals surface area contributed by atoms with E-state index in [4.69, 9.17) is 14.2 Å². The Balaban J connectivity index is 2.51. The molecule has 0 fully saturated rings. The van der Waals surface area contributed by atoms with Gasteiger partial charge in [0.2, 0.25) is 0 Å². The Morgan fingerprint density at radius 2 is 1.95 bits per heavy atom. The second kappa shape index (κ2) is 9.71. The summed E-state index contributed by atoms with van der Waals surface area (Å²) in [7, 11) is 3.51. The van der Waals surface area contributed by atoms with Crippen LogP contribution in [0, 0.1) is 12.7 Å². The van der Waals surface area contributed by atoms with Crippen LogP contribution >= 0.6 is 0 Å². The smallest absolute Gasteiger partial charge is 0.126 e. The van der Waals surface area contributed by atoms with Crippen LogP contribution in [-0.4, -0.2) is 40.6 Å². The molecule has 0 aromatic heterocycles. The summed E-state index contributed by atoms with van der Waals surface area (Å²) >= 11 is 0. The van der Waals surface area contributed by atoms with Crippen molar-refractivity contribution in [2.24, 2.45) is 0 Å². The molecule has 1 aromatic carbocycles. The van der Waals surface area contributed by atoms with E-state index in [0.717, 1.165) is 12.0 Å². The summed E-state index contributed by atoms with van der Waals surface area (Å²) in [5.41, 5.74) is 1.40. The Bertz CT molecular complexity index is 426. The van der Waals surface area contributed by atoms with E-state index in [2.05, 4.69) is 5.32 Å². The molecule has 1 unspecified atom stereocenters. The van der Waals surface area contributed by atoms with Crippen LogP contribution in [0.25, 0.3) is 0 Å². The average molecular weight is 299 g/mol. The van der Waals surface area contributed by atoms with Crippen molar-refractivity contribution in [3.8, 4) is 5.75 Å². The molecule has 1 rings (SSSR count). The first-order chi connectivity index (χ1) is 10.1. The zero-order valence-corrected chi connectivity index (χ0v) is 13.4. The predicted octanol–water partition coefficient (Wildman–Crippen LogP) is 2.85. The summed E-state index contributed by atoms with van der Waals surface area (Å²) in [6.45, 7) is 6.01. The molecule has 1 atom stereocenters. The van der Waals surface area contributed by atoms with Crippen LogP contribution in [0.1, 0.15) is 30.5 Å². The minimum absolute atomic E-state index is 0.0257. The van der Waals surface area contributed by atoms with Crippen molar-refractivity contribution in [2.75, 3.05) is 40.6 Å². The summed E-state index contributed by atoms with van der Waals surface area (Å²) in [6, 6.07) is 3.30. The van der Waals surface area contributed by atoms with E-state index in [0.29, 0.717) is 37.7 Å². The van der Waals surface area contributed by atoms with Crippen molar-refractivity contribution >= 4 is 0 Å². The first-order valence-electron chi connectivity index (χ1n) is 7.27. The standard InChI is InChI=1S/C16H26FNO3/c1-12-10-16(14(11-15(12)17)13(2)18-3)21-9-8-20-7-5-6-19-4/h10-11,13,18H,5-9H2,1-4H3. The molecule has 4 nitrogen and oxygen atoms in total. The van der Waals surface area contributed by atoms with Gasteiger partial charge in [0, 0.05) is 31.9 Å². The molecule has 5 heteroatoms. The highest BCUT2D eigenvalue weighted by Crippen LogP contribution is 2.28. The molecule has 0 bridgehead atoms. The predicted molar refractivity (Wildman–Crippen MR) is 81.4 cm³/mol. The van der Waals surface area contributed by atoms with Gasteiger partial charge in [0.15, 0.2) is 0 Å². The van der Waals surface area contributed by atoms with E-state index in [-0.39, 0.29) is 11.9 Å². The van der Waals surface area contributed by atoms with E-state index in [9.17, 15) is 4.39 Å². The first-order valence-corrected chi connectivity index (χ1v) is 7.27. The Labute approximate surface area is 126 Å². The maximum Gasteiger partial charge on any atom is 0.126 e. The molecule has 0 aliphatic carbocycles. The van der Waals surface area contributed by atoms with Crippen molar-refractivity contribution < 1.29 is 18.6 Å². The van der Waals surface area contributed by atoms with Crippen LogP contribution < -0.4 is 10.1 Å². The molecule has 0 radical (unpaired) electrons. The molecule has 0 aliphatic rings. The largest absolute Gasteiger partial charge is 0.491 e. The number of ether oxygens (including phenoxy) is 3. The third kappa shape index (κ3) is 5.99. The Hall–Kier alpha value is -1.17. The number of nitrogens with one attached hydrogen (secondary N) is 1. The van der Waals surface area contributed by atoms with Gasteiger partial charge in [-0.2, -0.15) is 0 Å². The monoisotopic (exact) mass is 299 g/mol. The van der Waals surface area contributed by atoms with Gasteiger partial charge in [-0.3, -0.25) is 0 Å². The summed E-state index contributed by atoms with van der Waals surface area (Å²) in [5, 5.41) is 3.10. The normalized spacial score (nSPS) is 12.4. The molecule has 0 saturated heterocycles. The third-order valence-corrected chi connectivity index (χ3v) is 3.31. The fourth-order valence-corrected chi connectivity index (χ4v) is 1.91. The lowest BCUT2D eigenvalue weighted by Gasteiger charge is -2.18. The van der Waals surface area contributed by atoms with Crippen LogP contribution in [0.4, 0.5) is 4.39 Å². The van der Waals surface area contributed by atoms with E-state index in [1.165, 1.54) is 6.07 Å². The fraction of sp³-hybridized carbons (Fsp3) is 0.625. The highest BCUT2D eigenvalue weighted by atomic mass is 19.1. The maximum atomic E-state index is 13.7. The lowest BCUT2D eigenvalue weighted by Crippen LogP contribution is -2.16. The summed E-state index contributed by atoms with van der Waals surface area (Å²) in [5.74, 6) is 0.492. The van der Waals surface area contributed by atoms with Crippen molar-refractivity contribution in [3.63, 3.8) is 0 Å². The highest BCUT2D eigenvalue weighted by molar-refractivity contribution is 5.40. The SMILES string of the molecule is CNC(C)c1cc(F)c(C)cc1OCCOCCCOC. The molecule has 0 amide bonds. The number of benzene rings is 1. The zero-order valence-electron chi connectivity index (χ0n) is 13.4. The third-order valence-electron chi connectivity index (χ3n) is 3.31. The number of hydrogen-bond donors (Lipinski definition) is 1. The second-order valence-corrected chi connectivity index (χ2v) is 4.96. The van der Waals surface area contributed by atoms with E-state index >= 15 is 0 Å². The lowest BCUT2D eigenvalue weighted by atomic mass is 10.0. The number of methoxy groups -OCH3 is 1. The second-order valence-electron chi connectivity index (χ2n) is 4.96. The number of halogens is 1. The molecule has 0 aliphatic heterocycles. The van der Waals surface area contributed by atoms with Gasteiger partial charge in [-0.1, -0.05) is 0 Å². The summed E-state index contributed by atoms with van der Waals surface area (Å²) < 4.78 is 29.8. The quantitative estimate of drug-likeness (QED) is 0.674. The fourth-order valence-electron chi connectivity index (χ4n) is 1.91. The summed E-state index contributed by atoms with van der Waals surface area (Å²) in [4.78, 5) is 0. The molecule has 0 saturated carbocycles. The Kier molecular flexibility index (Phi) is 8.27. The van der Waals surface area contributed by atoms with Gasteiger partial charge in [0.25, 0.3) is 0 Å². The van der Waals surface area contributed by atoms with Crippen molar-refractivity contribution in [3.05, 3.63) is 29.1 Å². The number of rotatable bonds is 10. The molecule has 0 heterocycles. The molecule has 1 N–H and O–H groups in total. The Morgan fingerprint density at radius 3 is 2.62 bits per heavy atom. The van der Waals surface area contributed by atoms with Crippen LogP contribution in [0.3, 0.4) is 0 Å². The maximum absolute atomic E-state index is 13.7. The Morgan fingerprint density at radius 1 is 1.19 bits per heavy atom. The summed E-state index contributed by atoms with van der Waals surface area (Å²) in [6.07, 6.45) is 0.869. The van der Waals surface area contributed by atoms with Crippen LogP contribution in [0.2, 0.25) is 0 Å². The van der Waals surface area contributed by atoms with Crippen molar-refractivity contribution in [1.29, 1.82) is 0 Å². The van der Waals surface area contributed by atoms with Gasteiger partial charge in [-0.05, 0) is 45.0 Å². The van der Waals surface area contributed by atoms with Gasteiger partial charge < -0.3 is 19.5 Å². The molecule has 120 valence electrons. The minimum atomic E-state index is -0.213. The first kappa shape index (κ1) is 17.9. The zero-order chi connectivity index (χ0) is 15.7. The van der Waals surface area contributed by atoms with Gasteiger partial charge in [-0.25, -0.2) is 4.39 Å². The van der Waals surface area contributed by atoms with Gasteiger partial charge in [-0.15, -0.1) is 0 Å². The van der Waals surface area contributed by atoms with E-state index in [1.54, 1.807) is 20.1 Å². The molecule has 0 spiro atoms. The van der Waals surface area contributed by atoms with Crippen molar-refractivity contribution in [1.82, 2.24) is 5.32 Å². The van der Waals surface area contributed by atoms with Gasteiger partial charge in [0.1, 0.15) is 18.2 Å². The minimum Gasteiger partial charge on any atom is -0.491 e.